The van der Waals surface area contributed by atoms with Crippen molar-refractivity contribution in [1.82, 2.24) is 0 Å². The zero-order chi connectivity index (χ0) is 13.2. The van der Waals surface area contributed by atoms with Gasteiger partial charge in [0.1, 0.15) is 0 Å². The summed E-state index contributed by atoms with van der Waals surface area (Å²) in [6.07, 6.45) is 6.44. The lowest BCUT2D eigenvalue weighted by atomic mass is 9.79. The molecule has 1 saturated carbocycles. The average molecular weight is 246 g/mol. The largest absolute Gasteiger partial charge is 0.481 e. The quantitative estimate of drug-likeness (QED) is 0.872. The molecule has 1 fully saturated rings. The molecule has 0 bridgehead atoms. The van der Waals surface area contributed by atoms with Gasteiger partial charge in [0.25, 0.3) is 0 Å². The lowest BCUT2D eigenvalue weighted by molar-refractivity contribution is -0.142. The van der Waals surface area contributed by atoms with Gasteiger partial charge >= 0.3 is 5.97 Å². The summed E-state index contributed by atoms with van der Waals surface area (Å²) in [5.74, 6) is -0.133. The van der Waals surface area contributed by atoms with Crippen molar-refractivity contribution in [3.05, 3.63) is 35.4 Å². The van der Waals surface area contributed by atoms with Crippen molar-refractivity contribution >= 4 is 5.97 Å². The van der Waals surface area contributed by atoms with E-state index in [-0.39, 0.29) is 0 Å². The highest BCUT2D eigenvalue weighted by Crippen LogP contribution is 2.34. The molecule has 0 spiro atoms. The van der Waals surface area contributed by atoms with Gasteiger partial charge in [0.05, 0.1) is 5.41 Å². The molecule has 0 aromatic heterocycles. The van der Waals surface area contributed by atoms with Crippen molar-refractivity contribution in [3.8, 4) is 0 Å². The maximum Gasteiger partial charge on any atom is 0.313 e. The minimum atomic E-state index is -0.801. The van der Waals surface area contributed by atoms with Crippen LogP contribution in [-0.4, -0.2) is 11.1 Å². The molecule has 1 aromatic carbocycles. The molecule has 0 amide bonds. The predicted octanol–water partition coefficient (Wildman–Crippen LogP) is 4.10. The van der Waals surface area contributed by atoms with Crippen LogP contribution >= 0.6 is 0 Å². The first-order chi connectivity index (χ1) is 8.51. The number of hydrogen-bond donors (Lipinski definition) is 1. The molecule has 1 aliphatic rings. The number of carbonyl (C=O) groups is 1. The highest BCUT2D eigenvalue weighted by molar-refractivity contribution is 5.80. The molecule has 2 nitrogen and oxygen atoms in total. The van der Waals surface area contributed by atoms with Gasteiger partial charge in [-0.3, -0.25) is 4.79 Å². The van der Waals surface area contributed by atoms with E-state index in [1.807, 2.05) is 12.1 Å². The first-order valence-electron chi connectivity index (χ1n) is 6.85. The fourth-order valence-electron chi connectivity index (χ4n) is 2.74. The van der Waals surface area contributed by atoms with E-state index < -0.39 is 11.4 Å². The summed E-state index contributed by atoms with van der Waals surface area (Å²) < 4.78 is 0. The lowest BCUT2D eigenvalue weighted by Gasteiger charge is -2.25. The Balaban J connectivity index is 2.27. The van der Waals surface area contributed by atoms with Gasteiger partial charge in [-0.25, -0.2) is 0 Å². The number of benzene rings is 1. The zero-order valence-corrected chi connectivity index (χ0v) is 11.3. The van der Waals surface area contributed by atoms with Crippen molar-refractivity contribution in [2.24, 2.45) is 0 Å². The Hall–Kier alpha value is -1.31. The first-order valence-corrected chi connectivity index (χ1v) is 6.85. The van der Waals surface area contributed by atoms with Crippen molar-refractivity contribution in [2.45, 2.75) is 57.3 Å². The molecule has 0 heterocycles. The summed E-state index contributed by atoms with van der Waals surface area (Å²) in [7, 11) is 0. The number of rotatable bonds is 3. The SMILES string of the molecule is CC(C)(C(=O)O)c1cccc(C2CCCCC2)c1. The van der Waals surface area contributed by atoms with Crippen LogP contribution in [0, 0.1) is 0 Å². The van der Waals surface area contributed by atoms with Crippen LogP contribution in [0.1, 0.15) is 63.0 Å². The number of aliphatic carboxylic acids is 1. The zero-order valence-electron chi connectivity index (χ0n) is 11.3. The maximum absolute atomic E-state index is 11.3. The van der Waals surface area contributed by atoms with E-state index in [2.05, 4.69) is 12.1 Å². The van der Waals surface area contributed by atoms with E-state index in [1.54, 1.807) is 13.8 Å². The summed E-state index contributed by atoms with van der Waals surface area (Å²) in [5, 5.41) is 9.30. The number of carboxylic acids is 1. The molecule has 1 aromatic rings. The molecule has 18 heavy (non-hydrogen) atoms. The van der Waals surface area contributed by atoms with Gasteiger partial charge < -0.3 is 5.11 Å². The monoisotopic (exact) mass is 246 g/mol. The minimum absolute atomic E-state index is 0.628. The molecular weight excluding hydrogens is 224 g/mol. The van der Waals surface area contributed by atoms with Gasteiger partial charge in [0, 0.05) is 0 Å². The Bertz CT molecular complexity index is 428. The maximum atomic E-state index is 11.3. The normalized spacial score (nSPS) is 17.7. The first kappa shape index (κ1) is 13.1. The Morgan fingerprint density at radius 3 is 2.50 bits per heavy atom. The number of carboxylic acid groups (broad SMARTS) is 1. The molecule has 2 heteroatoms. The van der Waals surface area contributed by atoms with Crippen LogP contribution in [0.15, 0.2) is 24.3 Å². The standard InChI is InChI=1S/C16H22O2/c1-16(2,15(17)18)14-10-6-9-13(11-14)12-7-4-3-5-8-12/h6,9-12H,3-5,7-8H2,1-2H3,(H,17,18). The Labute approximate surface area is 109 Å². The van der Waals surface area contributed by atoms with Gasteiger partial charge in [0.15, 0.2) is 0 Å². The van der Waals surface area contributed by atoms with Gasteiger partial charge in [-0.2, -0.15) is 0 Å². The molecule has 0 saturated heterocycles. The third-order valence-electron chi connectivity index (χ3n) is 4.22. The van der Waals surface area contributed by atoms with Gasteiger partial charge in [-0.15, -0.1) is 0 Å². The van der Waals surface area contributed by atoms with Gasteiger partial charge in [-0.05, 0) is 43.7 Å². The Morgan fingerprint density at radius 1 is 1.22 bits per heavy atom. The lowest BCUT2D eigenvalue weighted by Crippen LogP contribution is -2.28. The second kappa shape index (κ2) is 5.13. The van der Waals surface area contributed by atoms with E-state index >= 15 is 0 Å². The molecule has 0 aliphatic heterocycles. The van der Waals surface area contributed by atoms with E-state index in [9.17, 15) is 9.90 Å². The topological polar surface area (TPSA) is 37.3 Å². The summed E-state index contributed by atoms with van der Waals surface area (Å²) in [6, 6.07) is 8.19. The smallest absolute Gasteiger partial charge is 0.313 e. The summed E-state index contributed by atoms with van der Waals surface area (Å²) in [6.45, 7) is 3.55. The third kappa shape index (κ3) is 2.58. The number of hydrogen-bond acceptors (Lipinski definition) is 1. The second-order valence-corrected chi connectivity index (χ2v) is 5.89. The van der Waals surface area contributed by atoms with Crippen molar-refractivity contribution in [2.75, 3.05) is 0 Å². The molecule has 0 atom stereocenters. The van der Waals surface area contributed by atoms with Gasteiger partial charge in [0.2, 0.25) is 0 Å². The van der Waals surface area contributed by atoms with Crippen LogP contribution in [0.2, 0.25) is 0 Å². The van der Waals surface area contributed by atoms with E-state index in [0.717, 1.165) is 5.56 Å². The van der Waals surface area contributed by atoms with Crippen LogP contribution in [-0.2, 0) is 10.2 Å². The fourth-order valence-corrected chi connectivity index (χ4v) is 2.74. The minimum Gasteiger partial charge on any atom is -0.481 e. The van der Waals surface area contributed by atoms with Crippen LogP contribution in [0.3, 0.4) is 0 Å². The highest BCUT2D eigenvalue weighted by Gasteiger charge is 2.30. The third-order valence-corrected chi connectivity index (χ3v) is 4.22. The van der Waals surface area contributed by atoms with Crippen LogP contribution in [0.25, 0.3) is 0 Å². The molecule has 98 valence electrons. The van der Waals surface area contributed by atoms with E-state index in [4.69, 9.17) is 0 Å². The van der Waals surface area contributed by atoms with Crippen molar-refractivity contribution < 1.29 is 9.90 Å². The summed E-state index contributed by atoms with van der Waals surface area (Å²) in [4.78, 5) is 11.3. The van der Waals surface area contributed by atoms with Crippen LogP contribution in [0.5, 0.6) is 0 Å². The Kier molecular flexibility index (Phi) is 3.74. The fraction of sp³-hybridized carbons (Fsp3) is 0.562. The van der Waals surface area contributed by atoms with Crippen molar-refractivity contribution in [3.63, 3.8) is 0 Å². The molecular formula is C16H22O2. The second-order valence-electron chi connectivity index (χ2n) is 5.89. The van der Waals surface area contributed by atoms with E-state index in [0.29, 0.717) is 5.92 Å². The van der Waals surface area contributed by atoms with Crippen molar-refractivity contribution in [1.29, 1.82) is 0 Å². The molecule has 2 rings (SSSR count). The predicted molar refractivity (Wildman–Crippen MR) is 72.9 cm³/mol. The molecule has 0 unspecified atom stereocenters. The van der Waals surface area contributed by atoms with Crippen LogP contribution < -0.4 is 0 Å². The van der Waals surface area contributed by atoms with Crippen LogP contribution in [0.4, 0.5) is 0 Å². The summed E-state index contributed by atoms with van der Waals surface area (Å²) in [5.41, 5.74) is 1.43. The average Bonchev–Trinajstić information content (AvgIpc) is 2.40. The summed E-state index contributed by atoms with van der Waals surface area (Å²) >= 11 is 0. The van der Waals surface area contributed by atoms with E-state index in [1.165, 1.54) is 37.7 Å². The molecule has 1 aliphatic carbocycles. The molecule has 1 N–H and O–H groups in total. The molecule has 0 radical (unpaired) electrons. The highest BCUT2D eigenvalue weighted by atomic mass is 16.4. The Morgan fingerprint density at radius 2 is 1.89 bits per heavy atom. The van der Waals surface area contributed by atoms with Gasteiger partial charge in [-0.1, -0.05) is 43.5 Å².